The van der Waals surface area contributed by atoms with Crippen LogP contribution in [0, 0.1) is 0 Å². The molecular formula is C17H19F3N2O4. The van der Waals surface area contributed by atoms with Gasteiger partial charge in [-0.15, -0.1) is 0 Å². The number of rotatable bonds is 3. The summed E-state index contributed by atoms with van der Waals surface area (Å²) in [6.07, 6.45) is -3.69. The molecular weight excluding hydrogens is 353 g/mol. The molecule has 0 saturated carbocycles. The Labute approximate surface area is 148 Å². The predicted octanol–water partition coefficient (Wildman–Crippen LogP) is 2.40. The highest BCUT2D eigenvalue weighted by Gasteiger charge is 2.40. The molecule has 2 fully saturated rings. The van der Waals surface area contributed by atoms with E-state index in [0.717, 1.165) is 24.3 Å². The maximum Gasteiger partial charge on any atom is 0.416 e. The minimum Gasteiger partial charge on any atom is -0.347 e. The number of hydrogen-bond acceptors (Lipinski definition) is 4. The van der Waals surface area contributed by atoms with Crippen LogP contribution in [0.5, 0.6) is 0 Å². The Morgan fingerprint density at radius 1 is 1.08 bits per heavy atom. The molecule has 2 aliphatic rings. The smallest absolute Gasteiger partial charge is 0.347 e. The van der Waals surface area contributed by atoms with E-state index in [9.17, 15) is 22.8 Å². The number of benzene rings is 1. The van der Waals surface area contributed by atoms with Crippen molar-refractivity contribution in [2.24, 2.45) is 0 Å². The van der Waals surface area contributed by atoms with Crippen molar-refractivity contribution in [2.45, 2.75) is 31.2 Å². The van der Waals surface area contributed by atoms with Gasteiger partial charge in [0.2, 0.25) is 11.8 Å². The molecule has 1 aromatic rings. The van der Waals surface area contributed by atoms with Crippen molar-refractivity contribution in [3.63, 3.8) is 0 Å². The Hall–Kier alpha value is -2.13. The number of carbonyl (C=O) groups excluding carboxylic acids is 2. The van der Waals surface area contributed by atoms with Gasteiger partial charge in [-0.3, -0.25) is 9.59 Å². The summed E-state index contributed by atoms with van der Waals surface area (Å²) in [5.74, 6) is -1.50. The highest BCUT2D eigenvalue weighted by atomic mass is 19.4. The van der Waals surface area contributed by atoms with Crippen LogP contribution >= 0.6 is 0 Å². The molecule has 3 rings (SSSR count). The molecule has 0 atom stereocenters. The molecule has 9 heteroatoms. The molecule has 1 spiro atoms. The first kappa shape index (κ1) is 18.7. The summed E-state index contributed by atoms with van der Waals surface area (Å²) in [5.41, 5.74) is -0.591. The maximum atomic E-state index is 12.5. The normalized spacial score (nSPS) is 19.6. The molecule has 6 nitrogen and oxygen atoms in total. The molecule has 0 radical (unpaired) electrons. The number of nitrogens with one attached hydrogen (secondary N) is 1. The lowest BCUT2D eigenvalue weighted by Crippen LogP contribution is -2.47. The summed E-state index contributed by atoms with van der Waals surface area (Å²) in [7, 11) is 0. The summed E-state index contributed by atoms with van der Waals surface area (Å²) in [6.45, 7) is 1.96. The fraction of sp³-hybridized carbons (Fsp3) is 0.529. The van der Waals surface area contributed by atoms with Crippen molar-refractivity contribution >= 4 is 17.5 Å². The maximum absolute atomic E-state index is 12.5. The summed E-state index contributed by atoms with van der Waals surface area (Å²) >= 11 is 0. The zero-order valence-electron chi connectivity index (χ0n) is 14.0. The molecule has 2 saturated heterocycles. The van der Waals surface area contributed by atoms with E-state index in [1.165, 1.54) is 0 Å². The van der Waals surface area contributed by atoms with E-state index in [2.05, 4.69) is 5.32 Å². The van der Waals surface area contributed by atoms with Crippen LogP contribution in [0.15, 0.2) is 24.3 Å². The monoisotopic (exact) mass is 372 g/mol. The van der Waals surface area contributed by atoms with Crippen molar-refractivity contribution < 1.29 is 32.2 Å². The highest BCUT2D eigenvalue weighted by Crippen LogP contribution is 2.32. The topological polar surface area (TPSA) is 67.9 Å². The Morgan fingerprint density at radius 3 is 2.19 bits per heavy atom. The van der Waals surface area contributed by atoms with Crippen LogP contribution in [0.4, 0.5) is 18.9 Å². The number of carbonyl (C=O) groups is 2. The van der Waals surface area contributed by atoms with Gasteiger partial charge in [0.05, 0.1) is 18.8 Å². The van der Waals surface area contributed by atoms with Gasteiger partial charge in [0.1, 0.15) is 6.42 Å². The van der Waals surface area contributed by atoms with Gasteiger partial charge in [-0.1, -0.05) is 0 Å². The van der Waals surface area contributed by atoms with Gasteiger partial charge in [0.15, 0.2) is 5.79 Å². The largest absolute Gasteiger partial charge is 0.416 e. The van der Waals surface area contributed by atoms with E-state index in [1.807, 2.05) is 0 Å². The van der Waals surface area contributed by atoms with Crippen LogP contribution < -0.4 is 5.32 Å². The average molecular weight is 372 g/mol. The van der Waals surface area contributed by atoms with Gasteiger partial charge in [-0.25, -0.2) is 0 Å². The number of hydrogen-bond donors (Lipinski definition) is 1. The number of halogens is 3. The van der Waals surface area contributed by atoms with Crippen LogP contribution in [0.3, 0.4) is 0 Å². The molecule has 0 bridgehead atoms. The minimum atomic E-state index is -4.43. The van der Waals surface area contributed by atoms with Gasteiger partial charge in [0.25, 0.3) is 0 Å². The van der Waals surface area contributed by atoms with E-state index >= 15 is 0 Å². The van der Waals surface area contributed by atoms with Gasteiger partial charge < -0.3 is 19.7 Å². The van der Waals surface area contributed by atoms with Gasteiger partial charge in [0, 0.05) is 31.6 Å². The first-order chi connectivity index (χ1) is 12.3. The lowest BCUT2D eigenvalue weighted by Gasteiger charge is -2.37. The predicted molar refractivity (Wildman–Crippen MR) is 85.1 cm³/mol. The first-order valence-corrected chi connectivity index (χ1v) is 8.30. The average Bonchev–Trinajstić information content (AvgIpc) is 3.03. The van der Waals surface area contributed by atoms with Crippen molar-refractivity contribution in [3.05, 3.63) is 29.8 Å². The Balaban J connectivity index is 1.48. The third kappa shape index (κ3) is 4.34. The van der Waals surface area contributed by atoms with Gasteiger partial charge in [-0.2, -0.15) is 13.2 Å². The quantitative estimate of drug-likeness (QED) is 0.828. The second-order valence-corrected chi connectivity index (χ2v) is 6.29. The van der Waals surface area contributed by atoms with E-state index < -0.39 is 23.4 Å². The van der Waals surface area contributed by atoms with E-state index in [0.29, 0.717) is 39.1 Å². The number of likely N-dealkylation sites (tertiary alicyclic amines) is 1. The van der Waals surface area contributed by atoms with Crippen molar-refractivity contribution in [1.82, 2.24) is 4.90 Å². The molecule has 1 aromatic carbocycles. The van der Waals surface area contributed by atoms with Gasteiger partial charge >= 0.3 is 6.18 Å². The third-order valence-electron chi connectivity index (χ3n) is 4.50. The van der Waals surface area contributed by atoms with Crippen LogP contribution in [-0.2, 0) is 25.2 Å². The minimum absolute atomic E-state index is 0.209. The molecule has 0 unspecified atom stereocenters. The van der Waals surface area contributed by atoms with Crippen LogP contribution in [-0.4, -0.2) is 48.8 Å². The standard InChI is InChI=1S/C17H19F3N2O4/c18-17(19,20)12-1-3-13(4-2-12)21-14(23)11-15(24)22-7-5-16(6-8-22)25-9-10-26-16/h1-4H,5-11H2,(H,21,23). The second kappa shape index (κ2) is 7.24. The van der Waals surface area contributed by atoms with Gasteiger partial charge in [-0.05, 0) is 24.3 Å². The number of nitrogens with zero attached hydrogens (tertiary/aromatic N) is 1. The zero-order valence-corrected chi connectivity index (χ0v) is 14.0. The fourth-order valence-corrected chi connectivity index (χ4v) is 3.08. The van der Waals surface area contributed by atoms with Crippen LogP contribution in [0.2, 0.25) is 0 Å². The molecule has 0 aromatic heterocycles. The fourth-order valence-electron chi connectivity index (χ4n) is 3.08. The lowest BCUT2D eigenvalue weighted by molar-refractivity contribution is -0.187. The first-order valence-electron chi connectivity index (χ1n) is 8.30. The summed E-state index contributed by atoms with van der Waals surface area (Å²) in [5, 5.41) is 2.44. The van der Waals surface area contributed by atoms with Crippen molar-refractivity contribution in [3.8, 4) is 0 Å². The number of alkyl halides is 3. The molecule has 2 amide bonds. The SMILES string of the molecule is O=C(CC(=O)N1CCC2(CC1)OCCO2)Nc1ccc(C(F)(F)F)cc1. The summed E-state index contributed by atoms with van der Waals surface area (Å²) in [6, 6.07) is 4.07. The van der Waals surface area contributed by atoms with E-state index in [1.54, 1.807) is 4.90 Å². The lowest BCUT2D eigenvalue weighted by atomic mass is 10.0. The van der Waals surface area contributed by atoms with Crippen LogP contribution in [0.25, 0.3) is 0 Å². The van der Waals surface area contributed by atoms with E-state index in [4.69, 9.17) is 9.47 Å². The second-order valence-electron chi connectivity index (χ2n) is 6.29. The third-order valence-corrected chi connectivity index (χ3v) is 4.50. The van der Waals surface area contributed by atoms with E-state index in [-0.39, 0.29) is 18.0 Å². The number of piperidine rings is 1. The number of ether oxygens (including phenoxy) is 2. The number of amides is 2. The summed E-state index contributed by atoms with van der Waals surface area (Å²) < 4.78 is 48.7. The number of anilines is 1. The molecule has 142 valence electrons. The zero-order chi connectivity index (χ0) is 18.8. The van der Waals surface area contributed by atoms with Crippen LogP contribution in [0.1, 0.15) is 24.8 Å². The molecule has 26 heavy (non-hydrogen) atoms. The molecule has 1 N–H and O–H groups in total. The summed E-state index contributed by atoms with van der Waals surface area (Å²) in [4.78, 5) is 25.8. The van der Waals surface area contributed by atoms with Crippen molar-refractivity contribution in [1.29, 1.82) is 0 Å². The highest BCUT2D eigenvalue weighted by molar-refractivity contribution is 6.03. The molecule has 2 aliphatic heterocycles. The molecule has 2 heterocycles. The Kier molecular flexibility index (Phi) is 5.19. The molecule has 0 aliphatic carbocycles. The Bertz CT molecular complexity index is 660. The van der Waals surface area contributed by atoms with Crippen molar-refractivity contribution in [2.75, 3.05) is 31.6 Å². The Morgan fingerprint density at radius 2 is 1.65 bits per heavy atom.